The van der Waals surface area contributed by atoms with Gasteiger partial charge in [0.15, 0.2) is 0 Å². The smallest absolute Gasteiger partial charge is 0.251 e. The van der Waals surface area contributed by atoms with E-state index >= 15 is 0 Å². The summed E-state index contributed by atoms with van der Waals surface area (Å²) in [5, 5.41) is 0. The lowest BCUT2D eigenvalue weighted by Crippen LogP contribution is -2.53. The Labute approximate surface area is 162 Å². The van der Waals surface area contributed by atoms with Crippen LogP contribution in [-0.4, -0.2) is 61.7 Å². The number of piperidine rings is 1. The molecule has 0 amide bonds. The lowest BCUT2D eigenvalue weighted by Gasteiger charge is -2.47. The first-order valence-corrected chi connectivity index (χ1v) is 11.8. The number of hydrogen-bond donors (Lipinski definition) is 0. The van der Waals surface area contributed by atoms with E-state index in [1.165, 1.54) is 0 Å². The van der Waals surface area contributed by atoms with Gasteiger partial charge in [-0.2, -0.15) is 0 Å². The van der Waals surface area contributed by atoms with Gasteiger partial charge in [-0.1, -0.05) is 18.9 Å². The Morgan fingerprint density at radius 2 is 1.89 bits per heavy atom. The van der Waals surface area contributed by atoms with Crippen LogP contribution >= 0.6 is 0 Å². The molecular weight excluding hydrogens is 362 g/mol. The van der Waals surface area contributed by atoms with Crippen LogP contribution in [0.2, 0.25) is 0 Å². The van der Waals surface area contributed by atoms with Gasteiger partial charge in [-0.05, 0) is 51.3 Å². The first-order chi connectivity index (χ1) is 12.8. The highest BCUT2D eigenvalue weighted by Crippen LogP contribution is 2.42. The van der Waals surface area contributed by atoms with E-state index in [2.05, 4.69) is 4.90 Å². The highest BCUT2D eigenvalue weighted by molar-refractivity contribution is 7.89. The third-order valence-corrected chi connectivity index (χ3v) is 8.61. The molecule has 0 N–H and O–H groups in total. The topological polar surface area (TPSA) is 62.6 Å². The highest BCUT2D eigenvalue weighted by atomic mass is 32.2. The van der Waals surface area contributed by atoms with Crippen LogP contribution in [0.15, 0.2) is 23.0 Å². The lowest BCUT2D eigenvalue weighted by molar-refractivity contribution is 0.122. The van der Waals surface area contributed by atoms with Gasteiger partial charge in [0, 0.05) is 37.3 Å². The number of fused-ring (bicyclic) bond motifs is 4. The summed E-state index contributed by atoms with van der Waals surface area (Å²) in [5.74, 6) is 0.933. The number of sulfonamides is 1. The lowest BCUT2D eigenvalue weighted by atomic mass is 9.79. The number of pyridine rings is 1. The van der Waals surface area contributed by atoms with E-state index in [9.17, 15) is 13.2 Å². The molecule has 3 heterocycles. The number of rotatable bonds is 5. The van der Waals surface area contributed by atoms with Crippen molar-refractivity contribution in [2.75, 3.05) is 39.5 Å². The fraction of sp³-hybridized carbons (Fsp3) is 0.750. The quantitative estimate of drug-likeness (QED) is 0.766. The van der Waals surface area contributed by atoms with Crippen molar-refractivity contribution in [3.63, 3.8) is 0 Å². The molecule has 150 valence electrons. The number of likely N-dealkylation sites (N-methyl/N-ethyl adjacent to an activating group) is 1. The van der Waals surface area contributed by atoms with E-state index in [0.717, 1.165) is 44.3 Å². The number of aromatic nitrogens is 1. The van der Waals surface area contributed by atoms with Crippen LogP contribution in [0.5, 0.6) is 0 Å². The van der Waals surface area contributed by atoms with Gasteiger partial charge < -0.3 is 9.47 Å². The summed E-state index contributed by atoms with van der Waals surface area (Å²) in [4.78, 5) is 14.7. The van der Waals surface area contributed by atoms with Crippen molar-refractivity contribution in [3.05, 3.63) is 34.2 Å². The zero-order valence-corrected chi connectivity index (χ0v) is 17.2. The summed E-state index contributed by atoms with van der Waals surface area (Å²) in [6.07, 6.45) is 5.37. The number of hydrogen-bond acceptors (Lipinski definition) is 4. The second-order valence-electron chi connectivity index (χ2n) is 8.93. The van der Waals surface area contributed by atoms with Gasteiger partial charge in [0.1, 0.15) is 0 Å². The zero-order valence-electron chi connectivity index (χ0n) is 16.4. The van der Waals surface area contributed by atoms with E-state index in [0.29, 0.717) is 24.8 Å². The van der Waals surface area contributed by atoms with Crippen LogP contribution in [0, 0.1) is 11.8 Å². The van der Waals surface area contributed by atoms with Crippen molar-refractivity contribution in [2.24, 2.45) is 11.8 Å². The molecule has 4 rings (SSSR count). The average Bonchev–Trinajstić information content (AvgIpc) is 3.10. The van der Waals surface area contributed by atoms with Gasteiger partial charge in [-0.15, -0.1) is 0 Å². The minimum atomic E-state index is -3.24. The third kappa shape index (κ3) is 3.74. The van der Waals surface area contributed by atoms with Crippen LogP contribution in [0.3, 0.4) is 0 Å². The first kappa shape index (κ1) is 19.2. The molecule has 1 aromatic heterocycles. The Morgan fingerprint density at radius 3 is 2.59 bits per heavy atom. The second-order valence-corrected chi connectivity index (χ2v) is 10.9. The molecule has 0 aromatic carbocycles. The predicted molar refractivity (Wildman–Crippen MR) is 106 cm³/mol. The van der Waals surface area contributed by atoms with E-state index in [1.807, 2.05) is 30.8 Å². The summed E-state index contributed by atoms with van der Waals surface area (Å²) in [7, 11) is 0.781. The van der Waals surface area contributed by atoms with Crippen LogP contribution in [-0.2, 0) is 10.0 Å². The first-order valence-electron chi connectivity index (χ1n) is 10.2. The van der Waals surface area contributed by atoms with Gasteiger partial charge >= 0.3 is 0 Å². The van der Waals surface area contributed by atoms with E-state index in [4.69, 9.17) is 0 Å². The van der Waals surface area contributed by atoms with Crippen LogP contribution < -0.4 is 5.56 Å². The highest BCUT2D eigenvalue weighted by Gasteiger charge is 2.44. The molecule has 3 atom stereocenters. The molecule has 2 fully saturated rings. The van der Waals surface area contributed by atoms with E-state index < -0.39 is 10.0 Å². The monoisotopic (exact) mass is 393 g/mol. The summed E-state index contributed by atoms with van der Waals surface area (Å²) in [6.45, 7) is 1.82. The Kier molecular flexibility index (Phi) is 5.20. The molecule has 0 unspecified atom stereocenters. The van der Waals surface area contributed by atoms with Gasteiger partial charge in [0.25, 0.3) is 5.56 Å². The molecule has 27 heavy (non-hydrogen) atoms. The van der Waals surface area contributed by atoms with Crippen molar-refractivity contribution in [1.82, 2.24) is 13.8 Å². The molecule has 1 saturated heterocycles. The zero-order chi connectivity index (χ0) is 19.2. The predicted octanol–water partition coefficient (Wildman–Crippen LogP) is 1.89. The van der Waals surface area contributed by atoms with Crippen molar-refractivity contribution in [3.8, 4) is 0 Å². The summed E-state index contributed by atoms with van der Waals surface area (Å²) in [5.41, 5.74) is 1.04. The molecular formula is C20H31N3O3S. The molecule has 3 aliphatic rings. The standard InChI is InChI=1S/C20H31N3O3S/c1-21(2)13-19-17-10-16(18-8-5-9-20(24)23(18)19)11-22(12-17)27(25,26)14-15-6-3-4-7-15/h5,8-9,15-17,19H,3-4,6-7,10-14H2,1-2H3/t16-,17+,19+/m1/s1. The molecule has 6 nitrogen and oxygen atoms in total. The Morgan fingerprint density at radius 1 is 1.15 bits per heavy atom. The van der Waals surface area contributed by atoms with Crippen molar-refractivity contribution in [2.45, 2.75) is 44.1 Å². The van der Waals surface area contributed by atoms with Gasteiger partial charge in [0.2, 0.25) is 10.0 Å². The van der Waals surface area contributed by atoms with Gasteiger partial charge in [-0.3, -0.25) is 4.79 Å². The van der Waals surface area contributed by atoms with Crippen molar-refractivity contribution < 1.29 is 8.42 Å². The summed E-state index contributed by atoms with van der Waals surface area (Å²) < 4.78 is 29.9. The summed E-state index contributed by atoms with van der Waals surface area (Å²) in [6, 6.07) is 5.48. The fourth-order valence-electron chi connectivity index (χ4n) is 5.42. The largest absolute Gasteiger partial charge is 0.308 e. The van der Waals surface area contributed by atoms with Crippen molar-refractivity contribution >= 4 is 10.0 Å². The molecule has 0 spiro atoms. The second kappa shape index (κ2) is 7.33. The third-order valence-electron chi connectivity index (χ3n) is 6.63. The van der Waals surface area contributed by atoms with E-state index in [1.54, 1.807) is 10.4 Å². The van der Waals surface area contributed by atoms with Crippen LogP contribution in [0.25, 0.3) is 0 Å². The summed E-state index contributed by atoms with van der Waals surface area (Å²) >= 11 is 0. The fourth-order valence-corrected chi connectivity index (χ4v) is 7.38. The van der Waals surface area contributed by atoms with Crippen molar-refractivity contribution in [1.29, 1.82) is 0 Å². The van der Waals surface area contributed by atoms with Crippen LogP contribution in [0.1, 0.15) is 49.8 Å². The number of nitrogens with zero attached hydrogens (tertiary/aromatic N) is 3. The molecule has 2 bridgehead atoms. The average molecular weight is 394 g/mol. The molecule has 1 aliphatic carbocycles. The molecule has 7 heteroatoms. The van der Waals surface area contributed by atoms with Gasteiger partial charge in [0.05, 0.1) is 11.8 Å². The van der Waals surface area contributed by atoms with Gasteiger partial charge in [-0.25, -0.2) is 12.7 Å². The Balaban J connectivity index is 1.64. The van der Waals surface area contributed by atoms with Crippen LogP contribution in [0.4, 0.5) is 0 Å². The SMILES string of the molecule is CN(C)C[C@H]1[C@H]2C[C@H](CN(S(=O)(=O)CC3CCCC3)C2)c2cccc(=O)n21. The Hall–Kier alpha value is -1.18. The maximum Gasteiger partial charge on any atom is 0.251 e. The minimum absolute atomic E-state index is 0.0319. The maximum absolute atomic E-state index is 13.1. The molecule has 1 aromatic rings. The molecule has 0 radical (unpaired) electrons. The molecule has 1 saturated carbocycles. The minimum Gasteiger partial charge on any atom is -0.308 e. The Bertz CT molecular complexity index is 842. The normalized spacial score (nSPS) is 29.2. The van der Waals surface area contributed by atoms with E-state index in [-0.39, 0.29) is 23.4 Å². The molecule has 2 aliphatic heterocycles. The maximum atomic E-state index is 13.1.